The maximum absolute atomic E-state index is 8.74. The first-order valence-corrected chi connectivity index (χ1v) is 7.51. The Balaban J connectivity index is 1.59. The lowest BCUT2D eigenvalue weighted by atomic mass is 10.2. The average Bonchev–Trinajstić information content (AvgIpc) is 2.88. The van der Waals surface area contributed by atoms with Gasteiger partial charge < -0.3 is 5.32 Å². The van der Waals surface area contributed by atoms with Crippen LogP contribution in [0.5, 0.6) is 0 Å². The van der Waals surface area contributed by atoms with Crippen molar-refractivity contribution in [1.29, 1.82) is 5.26 Å². The molecule has 1 aliphatic rings. The third kappa shape index (κ3) is 3.41. The molecule has 0 saturated carbocycles. The first-order chi connectivity index (χ1) is 10.7. The molecule has 0 aliphatic carbocycles. The molecule has 1 aromatic carbocycles. The fourth-order valence-corrected chi connectivity index (χ4v) is 2.91. The summed E-state index contributed by atoms with van der Waals surface area (Å²) in [7, 11) is 0. The molecule has 1 aliphatic heterocycles. The van der Waals surface area contributed by atoms with E-state index in [0.717, 1.165) is 25.3 Å². The summed E-state index contributed by atoms with van der Waals surface area (Å²) < 4.78 is 0. The second-order valence-corrected chi connectivity index (χ2v) is 5.74. The van der Waals surface area contributed by atoms with Crippen LogP contribution >= 0.6 is 0 Å². The third-order valence-electron chi connectivity index (χ3n) is 4.05. The Morgan fingerprint density at radius 2 is 2.09 bits per heavy atom. The van der Waals surface area contributed by atoms with Crippen LogP contribution in [-0.4, -0.2) is 33.5 Å². The van der Waals surface area contributed by atoms with Gasteiger partial charge >= 0.3 is 0 Å². The molecule has 2 aromatic rings. The lowest BCUT2D eigenvalue weighted by molar-refractivity contribution is 0.259. The van der Waals surface area contributed by atoms with E-state index in [4.69, 9.17) is 5.26 Å². The summed E-state index contributed by atoms with van der Waals surface area (Å²) in [5.74, 6) is 0.734. The average molecular weight is 293 g/mol. The molecule has 112 valence electrons. The smallest absolute Gasteiger partial charge is 0.158 e. The molecule has 5 heteroatoms. The van der Waals surface area contributed by atoms with Gasteiger partial charge in [0.05, 0.1) is 12.4 Å². The molecule has 1 aromatic heterocycles. The number of nitrogens with one attached hydrogen (secondary N) is 1. The van der Waals surface area contributed by atoms with E-state index in [9.17, 15) is 0 Å². The summed E-state index contributed by atoms with van der Waals surface area (Å²) in [6, 6.07) is 13.4. The molecular weight excluding hydrogens is 274 g/mol. The molecule has 2 atom stereocenters. The van der Waals surface area contributed by atoms with Crippen LogP contribution in [-0.2, 0) is 6.54 Å². The monoisotopic (exact) mass is 293 g/mol. The number of hydrogen-bond donors (Lipinski definition) is 1. The van der Waals surface area contributed by atoms with Crippen LogP contribution < -0.4 is 5.32 Å². The molecule has 1 fully saturated rings. The molecule has 0 amide bonds. The molecule has 2 heterocycles. The van der Waals surface area contributed by atoms with Crippen molar-refractivity contribution in [2.75, 3.05) is 11.9 Å². The summed E-state index contributed by atoms with van der Waals surface area (Å²) in [6.45, 7) is 4.21. The molecule has 5 nitrogen and oxygen atoms in total. The zero-order valence-corrected chi connectivity index (χ0v) is 12.6. The molecule has 1 N–H and O–H groups in total. The number of likely N-dealkylation sites (tertiary alicyclic amines) is 1. The number of anilines is 1. The van der Waals surface area contributed by atoms with E-state index < -0.39 is 0 Å². The Kier molecular flexibility index (Phi) is 4.31. The minimum atomic E-state index is 0.344. The van der Waals surface area contributed by atoms with Gasteiger partial charge in [-0.25, -0.2) is 9.97 Å². The number of aromatic nitrogens is 2. The molecular formula is C17H19N5. The summed E-state index contributed by atoms with van der Waals surface area (Å²) >= 11 is 0. The minimum Gasteiger partial charge on any atom is -0.365 e. The first-order valence-electron chi connectivity index (χ1n) is 7.51. The molecule has 1 saturated heterocycles. The van der Waals surface area contributed by atoms with Crippen LogP contribution in [0.15, 0.2) is 42.7 Å². The van der Waals surface area contributed by atoms with Crippen molar-refractivity contribution >= 4 is 5.82 Å². The Bertz CT molecular complexity index is 647. The number of rotatable bonds is 4. The van der Waals surface area contributed by atoms with Crippen LogP contribution in [0.2, 0.25) is 0 Å². The second-order valence-electron chi connectivity index (χ2n) is 5.74. The normalized spacial score (nSPS) is 21.5. The van der Waals surface area contributed by atoms with E-state index in [2.05, 4.69) is 51.4 Å². The second kappa shape index (κ2) is 6.54. The van der Waals surface area contributed by atoms with Crippen molar-refractivity contribution in [2.24, 2.45) is 0 Å². The SMILES string of the molecule is CC1CC(Nc2cnc(C#N)cn2)CN1Cc1ccccc1. The van der Waals surface area contributed by atoms with Gasteiger partial charge in [-0.05, 0) is 18.9 Å². The van der Waals surface area contributed by atoms with Gasteiger partial charge in [0.15, 0.2) is 5.69 Å². The van der Waals surface area contributed by atoms with Crippen LogP contribution in [0.25, 0.3) is 0 Å². The third-order valence-corrected chi connectivity index (χ3v) is 4.05. The zero-order chi connectivity index (χ0) is 15.4. The zero-order valence-electron chi connectivity index (χ0n) is 12.6. The van der Waals surface area contributed by atoms with Crippen LogP contribution in [0.1, 0.15) is 24.6 Å². The van der Waals surface area contributed by atoms with Gasteiger partial charge in [0.25, 0.3) is 0 Å². The van der Waals surface area contributed by atoms with Gasteiger partial charge in [0.2, 0.25) is 0 Å². The maximum Gasteiger partial charge on any atom is 0.158 e. The quantitative estimate of drug-likeness (QED) is 0.938. The standard InChI is InChI=1S/C17H19N5/c1-13-7-15(21-17-10-19-16(8-18)9-20-17)12-22(13)11-14-5-3-2-4-6-14/h2-6,9-10,13,15H,7,11-12H2,1H3,(H,20,21). The minimum absolute atomic E-state index is 0.344. The Labute approximate surface area is 130 Å². The highest BCUT2D eigenvalue weighted by Crippen LogP contribution is 2.22. The molecule has 0 radical (unpaired) electrons. The molecule has 0 spiro atoms. The molecule has 3 rings (SSSR count). The van der Waals surface area contributed by atoms with Crippen LogP contribution in [0.3, 0.4) is 0 Å². The van der Waals surface area contributed by atoms with E-state index in [1.54, 1.807) is 6.20 Å². The van der Waals surface area contributed by atoms with E-state index in [1.165, 1.54) is 11.8 Å². The van der Waals surface area contributed by atoms with Gasteiger partial charge in [-0.3, -0.25) is 4.90 Å². The maximum atomic E-state index is 8.74. The fraction of sp³-hybridized carbons (Fsp3) is 0.353. The van der Waals surface area contributed by atoms with Crippen LogP contribution in [0, 0.1) is 11.3 Å². The van der Waals surface area contributed by atoms with Gasteiger partial charge in [0.1, 0.15) is 11.9 Å². The highest BCUT2D eigenvalue weighted by molar-refractivity contribution is 5.35. The summed E-state index contributed by atoms with van der Waals surface area (Å²) in [5.41, 5.74) is 1.68. The van der Waals surface area contributed by atoms with Gasteiger partial charge in [-0.1, -0.05) is 30.3 Å². The van der Waals surface area contributed by atoms with E-state index >= 15 is 0 Å². The summed E-state index contributed by atoms with van der Waals surface area (Å²) in [5, 5.41) is 12.2. The highest BCUT2D eigenvalue weighted by atomic mass is 15.2. The summed E-state index contributed by atoms with van der Waals surface area (Å²) in [6.07, 6.45) is 4.21. The fourth-order valence-electron chi connectivity index (χ4n) is 2.91. The van der Waals surface area contributed by atoms with E-state index in [0.29, 0.717) is 17.8 Å². The van der Waals surface area contributed by atoms with Crippen molar-refractivity contribution in [3.05, 3.63) is 54.0 Å². The Hall–Kier alpha value is -2.45. The van der Waals surface area contributed by atoms with Crippen molar-refractivity contribution in [1.82, 2.24) is 14.9 Å². The number of benzene rings is 1. The van der Waals surface area contributed by atoms with Gasteiger partial charge in [0, 0.05) is 25.2 Å². The van der Waals surface area contributed by atoms with Gasteiger partial charge in [-0.2, -0.15) is 5.26 Å². The molecule has 0 bridgehead atoms. The number of nitriles is 1. The predicted molar refractivity (Wildman–Crippen MR) is 85.1 cm³/mol. The van der Waals surface area contributed by atoms with Gasteiger partial charge in [-0.15, -0.1) is 0 Å². The topological polar surface area (TPSA) is 64.8 Å². The van der Waals surface area contributed by atoms with E-state index in [-0.39, 0.29) is 0 Å². The highest BCUT2D eigenvalue weighted by Gasteiger charge is 2.29. The van der Waals surface area contributed by atoms with Crippen molar-refractivity contribution in [3.63, 3.8) is 0 Å². The lowest BCUT2D eigenvalue weighted by Crippen LogP contribution is -2.28. The number of nitrogens with zero attached hydrogens (tertiary/aromatic N) is 4. The number of hydrogen-bond acceptors (Lipinski definition) is 5. The van der Waals surface area contributed by atoms with Crippen molar-refractivity contribution < 1.29 is 0 Å². The van der Waals surface area contributed by atoms with E-state index in [1.807, 2.05) is 12.1 Å². The largest absolute Gasteiger partial charge is 0.365 e. The van der Waals surface area contributed by atoms with Crippen molar-refractivity contribution in [3.8, 4) is 6.07 Å². The Morgan fingerprint density at radius 3 is 2.77 bits per heavy atom. The summed E-state index contributed by atoms with van der Waals surface area (Å²) in [4.78, 5) is 10.8. The molecule has 2 unspecified atom stereocenters. The Morgan fingerprint density at radius 1 is 1.27 bits per heavy atom. The predicted octanol–water partition coefficient (Wildman–Crippen LogP) is 2.42. The van der Waals surface area contributed by atoms with Crippen LogP contribution in [0.4, 0.5) is 5.82 Å². The van der Waals surface area contributed by atoms with Crippen molar-refractivity contribution in [2.45, 2.75) is 32.0 Å². The lowest BCUT2D eigenvalue weighted by Gasteiger charge is -2.20. The first kappa shape index (κ1) is 14.5. The molecule has 22 heavy (non-hydrogen) atoms.